The van der Waals surface area contributed by atoms with E-state index in [-0.39, 0.29) is 32.0 Å². The number of rotatable bonds is 13. The standard InChI is InChI=1S/C18H35O7P/c1-6-14(18(23)25-9-10-26(3,4)5)12-15(16(20)21)11-13(2)17(22)24-8-7-19/h13-15,19,26H,6-12H2,1-5H3,(H,20,21). The van der Waals surface area contributed by atoms with Crippen LogP contribution in [-0.2, 0) is 23.9 Å². The number of aliphatic hydroxyl groups is 1. The first kappa shape index (κ1) is 24.8. The van der Waals surface area contributed by atoms with Gasteiger partial charge in [-0.25, -0.2) is 0 Å². The van der Waals surface area contributed by atoms with E-state index in [9.17, 15) is 19.5 Å². The van der Waals surface area contributed by atoms with Crippen molar-refractivity contribution in [2.75, 3.05) is 46.0 Å². The molecule has 26 heavy (non-hydrogen) atoms. The second-order valence-corrected chi connectivity index (χ2v) is 13.5. The van der Waals surface area contributed by atoms with Crippen LogP contribution in [0.1, 0.15) is 33.1 Å². The molecule has 0 aliphatic carbocycles. The molecular formula is C18H35O7P. The predicted octanol–water partition coefficient (Wildman–Crippen LogP) is 1.85. The molecule has 0 bridgehead atoms. The molecule has 0 saturated carbocycles. The second kappa shape index (κ2) is 12.2. The number of aliphatic carboxylic acids is 1. The zero-order valence-electron chi connectivity index (χ0n) is 16.6. The number of carbonyl (C=O) groups excluding carboxylic acids is 2. The van der Waals surface area contributed by atoms with E-state index in [0.29, 0.717) is 13.0 Å². The molecule has 0 aromatic rings. The maximum absolute atomic E-state index is 12.3. The molecule has 0 aliphatic rings. The third kappa shape index (κ3) is 10.7. The van der Waals surface area contributed by atoms with Gasteiger partial charge in [0.05, 0.1) is 6.61 Å². The summed E-state index contributed by atoms with van der Waals surface area (Å²) >= 11 is 0. The summed E-state index contributed by atoms with van der Waals surface area (Å²) in [5, 5.41) is 18.1. The van der Waals surface area contributed by atoms with Gasteiger partial charge in [-0.1, -0.05) is 0 Å². The molecule has 2 N–H and O–H groups in total. The van der Waals surface area contributed by atoms with Gasteiger partial charge in [0.1, 0.15) is 0 Å². The summed E-state index contributed by atoms with van der Waals surface area (Å²) in [4.78, 5) is 35.6. The summed E-state index contributed by atoms with van der Waals surface area (Å²) < 4.78 is 10.2. The summed E-state index contributed by atoms with van der Waals surface area (Å²) in [5.41, 5.74) is 0. The number of hydrogen-bond acceptors (Lipinski definition) is 6. The van der Waals surface area contributed by atoms with Crippen molar-refractivity contribution < 1.29 is 34.1 Å². The Hall–Kier alpha value is -1.20. The Labute approximate surface area is 156 Å². The first-order chi connectivity index (χ1) is 12.0. The summed E-state index contributed by atoms with van der Waals surface area (Å²) in [5.74, 6) is -3.91. The van der Waals surface area contributed by atoms with Crippen molar-refractivity contribution in [1.29, 1.82) is 0 Å². The van der Waals surface area contributed by atoms with E-state index < -0.39 is 37.0 Å². The van der Waals surface area contributed by atoms with Gasteiger partial charge < -0.3 is 5.11 Å². The van der Waals surface area contributed by atoms with Crippen molar-refractivity contribution in [2.45, 2.75) is 33.1 Å². The molecule has 0 fully saturated rings. The molecule has 0 aromatic carbocycles. The van der Waals surface area contributed by atoms with Crippen LogP contribution < -0.4 is 0 Å². The van der Waals surface area contributed by atoms with Crippen LogP contribution >= 0.6 is 7.26 Å². The van der Waals surface area contributed by atoms with Crippen molar-refractivity contribution >= 4 is 25.2 Å². The number of carbonyl (C=O) groups is 3. The van der Waals surface area contributed by atoms with Crippen LogP contribution in [0.25, 0.3) is 0 Å². The average molecular weight is 394 g/mol. The summed E-state index contributed by atoms with van der Waals surface area (Å²) in [6.07, 6.45) is 1.57. The fraction of sp³-hybridized carbons (Fsp3) is 0.833. The Morgan fingerprint density at radius 1 is 0.962 bits per heavy atom. The summed E-state index contributed by atoms with van der Waals surface area (Å²) in [7, 11) is -1.31. The van der Waals surface area contributed by atoms with Crippen LogP contribution in [0.4, 0.5) is 0 Å². The van der Waals surface area contributed by atoms with Gasteiger partial charge in [0, 0.05) is 0 Å². The van der Waals surface area contributed by atoms with Crippen molar-refractivity contribution in [3.05, 3.63) is 0 Å². The van der Waals surface area contributed by atoms with E-state index >= 15 is 0 Å². The van der Waals surface area contributed by atoms with Gasteiger partial charge in [-0.2, -0.15) is 0 Å². The van der Waals surface area contributed by atoms with E-state index in [1.165, 1.54) is 0 Å². The van der Waals surface area contributed by atoms with Gasteiger partial charge in [0.2, 0.25) is 0 Å². The number of hydrogen-bond donors (Lipinski definition) is 2. The SMILES string of the molecule is CCC(CC(CC(C)C(=O)OCCO)C(=O)O)C(=O)OCC[PH](C)(C)C. The topological polar surface area (TPSA) is 110 Å². The maximum atomic E-state index is 12.3. The third-order valence-corrected chi connectivity index (χ3v) is 5.92. The van der Waals surface area contributed by atoms with Gasteiger partial charge in [0.15, 0.2) is 0 Å². The first-order valence-electron chi connectivity index (χ1n) is 9.18. The number of aliphatic hydroxyl groups excluding tert-OH is 1. The molecule has 0 aliphatic heterocycles. The summed E-state index contributed by atoms with van der Waals surface area (Å²) in [6, 6.07) is 0. The number of carboxylic acids is 1. The Balaban J connectivity index is 4.70. The van der Waals surface area contributed by atoms with Gasteiger partial charge in [0.25, 0.3) is 0 Å². The molecule has 0 aromatic heterocycles. The molecule has 0 heterocycles. The molecule has 0 rings (SSSR count). The fourth-order valence-electron chi connectivity index (χ4n) is 2.46. The molecular weight excluding hydrogens is 359 g/mol. The van der Waals surface area contributed by atoms with Crippen LogP contribution in [0.3, 0.4) is 0 Å². The quantitative estimate of drug-likeness (QED) is 0.362. The van der Waals surface area contributed by atoms with Gasteiger partial charge in [-0.05, 0) is 0 Å². The molecule has 0 saturated heterocycles. The van der Waals surface area contributed by atoms with Crippen LogP contribution in [0.2, 0.25) is 0 Å². The van der Waals surface area contributed by atoms with E-state index in [4.69, 9.17) is 14.6 Å². The molecule has 8 heteroatoms. The van der Waals surface area contributed by atoms with Crippen molar-refractivity contribution in [2.24, 2.45) is 17.8 Å². The van der Waals surface area contributed by atoms with Gasteiger partial charge >= 0.3 is 144 Å². The molecule has 0 radical (unpaired) electrons. The predicted molar refractivity (Wildman–Crippen MR) is 103 cm³/mol. The Morgan fingerprint density at radius 3 is 2.00 bits per heavy atom. The van der Waals surface area contributed by atoms with Crippen molar-refractivity contribution in [3.8, 4) is 0 Å². The Bertz CT molecular complexity index is 459. The third-order valence-electron chi connectivity index (χ3n) is 4.22. The molecule has 154 valence electrons. The van der Waals surface area contributed by atoms with E-state index in [1.54, 1.807) is 6.92 Å². The molecule has 3 unspecified atom stereocenters. The summed E-state index contributed by atoms with van der Waals surface area (Å²) in [6.45, 7) is 9.96. The second-order valence-electron chi connectivity index (χ2n) is 7.88. The molecule has 0 spiro atoms. The zero-order valence-corrected chi connectivity index (χ0v) is 17.6. The van der Waals surface area contributed by atoms with E-state index in [1.807, 2.05) is 6.92 Å². The number of ether oxygens (including phenoxy) is 2. The Kier molecular flexibility index (Phi) is 11.7. The van der Waals surface area contributed by atoms with Gasteiger partial charge in [-0.3, -0.25) is 0 Å². The molecule has 0 amide bonds. The van der Waals surface area contributed by atoms with Crippen LogP contribution in [0, 0.1) is 17.8 Å². The molecule has 7 nitrogen and oxygen atoms in total. The van der Waals surface area contributed by atoms with E-state index in [0.717, 1.165) is 6.16 Å². The van der Waals surface area contributed by atoms with Crippen molar-refractivity contribution in [3.63, 3.8) is 0 Å². The normalized spacial score (nSPS) is 15.6. The fourth-order valence-corrected chi connectivity index (χ4v) is 3.17. The number of carboxylic acid groups (broad SMARTS) is 1. The van der Waals surface area contributed by atoms with Crippen molar-refractivity contribution in [1.82, 2.24) is 0 Å². The monoisotopic (exact) mass is 394 g/mol. The van der Waals surface area contributed by atoms with Gasteiger partial charge in [-0.15, -0.1) is 0 Å². The Morgan fingerprint density at radius 2 is 1.54 bits per heavy atom. The minimum absolute atomic E-state index is 0.0816. The van der Waals surface area contributed by atoms with E-state index in [2.05, 4.69) is 20.0 Å². The number of esters is 2. The van der Waals surface area contributed by atoms with Crippen LogP contribution in [0.5, 0.6) is 0 Å². The average Bonchev–Trinajstić information content (AvgIpc) is 2.54. The first-order valence-corrected chi connectivity index (χ1v) is 12.9. The molecule has 3 atom stereocenters. The minimum atomic E-state index is -1.31. The van der Waals surface area contributed by atoms with Crippen LogP contribution in [-0.4, -0.2) is 74.1 Å². The zero-order chi connectivity index (χ0) is 20.3. The van der Waals surface area contributed by atoms with Crippen LogP contribution in [0.15, 0.2) is 0 Å².